The molecule has 1 heteroatoms. The van der Waals surface area contributed by atoms with Crippen molar-refractivity contribution in [3.63, 3.8) is 0 Å². The van der Waals surface area contributed by atoms with E-state index in [2.05, 4.69) is 26.8 Å². The van der Waals surface area contributed by atoms with Crippen LogP contribution in [0, 0.1) is 5.92 Å². The van der Waals surface area contributed by atoms with Crippen LogP contribution in [0.2, 0.25) is 0 Å². The quantitative estimate of drug-likeness (QED) is 0.642. The molecular formula is C13H24O. The number of rotatable bonds is 6. The van der Waals surface area contributed by atoms with Gasteiger partial charge in [0, 0.05) is 0 Å². The van der Waals surface area contributed by atoms with E-state index < -0.39 is 0 Å². The SMILES string of the molecule is C/C=C\[C@H](O)C[C@H](C)CCC=C(C)C. The predicted octanol–water partition coefficient (Wildman–Crippen LogP) is 3.70. The molecule has 0 aromatic rings. The van der Waals surface area contributed by atoms with Gasteiger partial charge in [0.1, 0.15) is 0 Å². The molecule has 0 saturated heterocycles. The standard InChI is InChI=1S/C13H24O/c1-5-7-13(14)10-12(4)9-6-8-11(2)3/h5,7-8,12-14H,6,9-10H2,1-4H3/b7-5-/t12-,13+/m1/s1. The Morgan fingerprint density at radius 1 is 1.36 bits per heavy atom. The first-order chi connectivity index (χ1) is 6.56. The van der Waals surface area contributed by atoms with Crippen molar-refractivity contribution in [2.75, 3.05) is 0 Å². The van der Waals surface area contributed by atoms with Gasteiger partial charge in [-0.05, 0) is 46.0 Å². The smallest absolute Gasteiger partial charge is 0.0723 e. The minimum absolute atomic E-state index is 0.262. The highest BCUT2D eigenvalue weighted by molar-refractivity contribution is 4.93. The summed E-state index contributed by atoms with van der Waals surface area (Å²) in [5, 5.41) is 9.53. The number of hydrogen-bond acceptors (Lipinski definition) is 1. The van der Waals surface area contributed by atoms with Gasteiger partial charge < -0.3 is 5.11 Å². The lowest BCUT2D eigenvalue weighted by molar-refractivity contribution is 0.188. The summed E-state index contributed by atoms with van der Waals surface area (Å²) in [6.07, 6.45) is 8.94. The van der Waals surface area contributed by atoms with Gasteiger partial charge in [-0.2, -0.15) is 0 Å². The molecule has 0 radical (unpaired) electrons. The summed E-state index contributed by atoms with van der Waals surface area (Å²) in [4.78, 5) is 0. The van der Waals surface area contributed by atoms with Crippen molar-refractivity contribution in [1.82, 2.24) is 0 Å². The molecule has 0 heterocycles. The van der Waals surface area contributed by atoms with Crippen molar-refractivity contribution in [1.29, 1.82) is 0 Å². The fourth-order valence-corrected chi connectivity index (χ4v) is 1.49. The Hall–Kier alpha value is -0.560. The van der Waals surface area contributed by atoms with Gasteiger partial charge in [-0.3, -0.25) is 0 Å². The lowest BCUT2D eigenvalue weighted by Crippen LogP contribution is -2.08. The number of hydrogen-bond donors (Lipinski definition) is 1. The van der Waals surface area contributed by atoms with E-state index in [1.807, 2.05) is 19.1 Å². The highest BCUT2D eigenvalue weighted by Crippen LogP contribution is 2.14. The third-order valence-electron chi connectivity index (χ3n) is 2.27. The van der Waals surface area contributed by atoms with Gasteiger partial charge in [-0.1, -0.05) is 30.7 Å². The third-order valence-corrected chi connectivity index (χ3v) is 2.27. The molecular weight excluding hydrogens is 172 g/mol. The topological polar surface area (TPSA) is 20.2 Å². The summed E-state index contributed by atoms with van der Waals surface area (Å²) >= 11 is 0. The van der Waals surface area contributed by atoms with Crippen LogP contribution in [0.3, 0.4) is 0 Å². The van der Waals surface area contributed by atoms with E-state index in [0.29, 0.717) is 5.92 Å². The largest absolute Gasteiger partial charge is 0.389 e. The highest BCUT2D eigenvalue weighted by atomic mass is 16.3. The molecule has 0 aromatic heterocycles. The molecule has 0 fully saturated rings. The Morgan fingerprint density at radius 2 is 2.00 bits per heavy atom. The van der Waals surface area contributed by atoms with Crippen LogP contribution in [0.15, 0.2) is 23.8 Å². The van der Waals surface area contributed by atoms with Gasteiger partial charge in [0.05, 0.1) is 6.10 Å². The van der Waals surface area contributed by atoms with Crippen molar-refractivity contribution in [2.24, 2.45) is 5.92 Å². The van der Waals surface area contributed by atoms with Gasteiger partial charge in [0.2, 0.25) is 0 Å². The van der Waals surface area contributed by atoms with Crippen LogP contribution >= 0.6 is 0 Å². The predicted molar refractivity (Wildman–Crippen MR) is 63.3 cm³/mol. The van der Waals surface area contributed by atoms with Crippen LogP contribution in [0.5, 0.6) is 0 Å². The van der Waals surface area contributed by atoms with Crippen molar-refractivity contribution in [2.45, 2.75) is 53.1 Å². The number of allylic oxidation sites excluding steroid dienone is 3. The zero-order valence-electron chi connectivity index (χ0n) is 9.96. The molecule has 0 aliphatic heterocycles. The second-order valence-corrected chi connectivity index (χ2v) is 4.29. The molecule has 0 bridgehead atoms. The summed E-state index contributed by atoms with van der Waals surface area (Å²) < 4.78 is 0. The Morgan fingerprint density at radius 3 is 2.50 bits per heavy atom. The maximum atomic E-state index is 9.53. The average molecular weight is 196 g/mol. The van der Waals surface area contributed by atoms with E-state index in [1.165, 1.54) is 12.0 Å². The van der Waals surface area contributed by atoms with Gasteiger partial charge in [0.15, 0.2) is 0 Å². The van der Waals surface area contributed by atoms with Crippen molar-refractivity contribution < 1.29 is 5.11 Å². The van der Waals surface area contributed by atoms with Gasteiger partial charge in [0.25, 0.3) is 0 Å². The van der Waals surface area contributed by atoms with E-state index in [1.54, 1.807) is 0 Å². The summed E-state index contributed by atoms with van der Waals surface area (Å²) in [6, 6.07) is 0. The summed E-state index contributed by atoms with van der Waals surface area (Å²) in [5.41, 5.74) is 1.38. The lowest BCUT2D eigenvalue weighted by atomic mass is 9.97. The van der Waals surface area contributed by atoms with Crippen LogP contribution in [-0.4, -0.2) is 11.2 Å². The second kappa shape index (κ2) is 7.81. The minimum Gasteiger partial charge on any atom is -0.389 e. The van der Waals surface area contributed by atoms with Gasteiger partial charge in [-0.25, -0.2) is 0 Å². The molecule has 0 rings (SSSR count). The van der Waals surface area contributed by atoms with Gasteiger partial charge in [-0.15, -0.1) is 0 Å². The summed E-state index contributed by atoms with van der Waals surface area (Å²) in [6.45, 7) is 8.39. The van der Waals surface area contributed by atoms with E-state index >= 15 is 0 Å². The zero-order valence-corrected chi connectivity index (χ0v) is 9.96. The van der Waals surface area contributed by atoms with Crippen molar-refractivity contribution in [3.8, 4) is 0 Å². The lowest BCUT2D eigenvalue weighted by Gasteiger charge is -2.12. The summed E-state index contributed by atoms with van der Waals surface area (Å²) in [5.74, 6) is 0.594. The molecule has 0 aromatic carbocycles. The fourth-order valence-electron chi connectivity index (χ4n) is 1.49. The molecule has 82 valence electrons. The van der Waals surface area contributed by atoms with E-state index in [0.717, 1.165) is 12.8 Å². The highest BCUT2D eigenvalue weighted by Gasteiger charge is 2.06. The van der Waals surface area contributed by atoms with Crippen LogP contribution in [-0.2, 0) is 0 Å². The Balaban J connectivity index is 3.64. The molecule has 2 atom stereocenters. The first-order valence-corrected chi connectivity index (χ1v) is 5.50. The summed E-state index contributed by atoms with van der Waals surface area (Å²) in [7, 11) is 0. The first-order valence-electron chi connectivity index (χ1n) is 5.50. The average Bonchev–Trinajstić information content (AvgIpc) is 2.03. The zero-order chi connectivity index (χ0) is 11.0. The normalized spacial score (nSPS) is 15.5. The van der Waals surface area contributed by atoms with Gasteiger partial charge >= 0.3 is 0 Å². The minimum atomic E-state index is -0.262. The molecule has 0 saturated carbocycles. The Kier molecular flexibility index (Phi) is 7.50. The molecule has 14 heavy (non-hydrogen) atoms. The van der Waals surface area contributed by atoms with Crippen LogP contribution in [0.1, 0.15) is 47.0 Å². The molecule has 0 aliphatic rings. The molecule has 1 nitrogen and oxygen atoms in total. The molecule has 0 unspecified atom stereocenters. The molecule has 0 aliphatic carbocycles. The van der Waals surface area contributed by atoms with Crippen LogP contribution in [0.4, 0.5) is 0 Å². The van der Waals surface area contributed by atoms with E-state index in [-0.39, 0.29) is 6.10 Å². The fraction of sp³-hybridized carbons (Fsp3) is 0.692. The Bertz CT molecular complexity index is 187. The molecule has 0 spiro atoms. The van der Waals surface area contributed by atoms with Crippen molar-refractivity contribution in [3.05, 3.63) is 23.8 Å². The Labute approximate surface area is 88.5 Å². The maximum absolute atomic E-state index is 9.53. The molecule has 0 amide bonds. The van der Waals surface area contributed by atoms with Crippen molar-refractivity contribution >= 4 is 0 Å². The second-order valence-electron chi connectivity index (χ2n) is 4.29. The van der Waals surface area contributed by atoms with Crippen LogP contribution in [0.25, 0.3) is 0 Å². The van der Waals surface area contributed by atoms with E-state index in [9.17, 15) is 5.11 Å². The van der Waals surface area contributed by atoms with Crippen LogP contribution < -0.4 is 0 Å². The maximum Gasteiger partial charge on any atom is 0.0723 e. The molecule has 1 N–H and O–H groups in total. The van der Waals surface area contributed by atoms with E-state index in [4.69, 9.17) is 0 Å². The monoisotopic (exact) mass is 196 g/mol. The first kappa shape index (κ1) is 13.4. The number of aliphatic hydroxyl groups excluding tert-OH is 1. The third kappa shape index (κ3) is 8.06. The number of aliphatic hydroxyl groups is 1.